The number of rotatable bonds is 5. The molecule has 1 heterocycles. The Hall–Kier alpha value is -0.860. The molecule has 0 bridgehead atoms. The highest BCUT2D eigenvalue weighted by Gasteiger charge is 2.27. The molecule has 1 saturated heterocycles. The Balaban J connectivity index is 0.00000192. The van der Waals surface area contributed by atoms with Gasteiger partial charge in [0.25, 0.3) is 0 Å². The van der Waals surface area contributed by atoms with Gasteiger partial charge in [-0.15, -0.1) is 24.0 Å². The molecule has 6 heteroatoms. The molecule has 1 saturated carbocycles. The number of aliphatic hydroxyl groups excluding tert-OH is 1. The molecule has 1 aromatic rings. The zero-order chi connectivity index (χ0) is 15.5. The Morgan fingerprint density at radius 3 is 2.61 bits per heavy atom. The highest BCUT2D eigenvalue weighted by molar-refractivity contribution is 14.0. The van der Waals surface area contributed by atoms with Crippen LogP contribution in [0.1, 0.15) is 30.4 Å². The van der Waals surface area contributed by atoms with Gasteiger partial charge in [0, 0.05) is 32.7 Å². The van der Waals surface area contributed by atoms with Gasteiger partial charge in [-0.25, -0.2) is 4.99 Å². The lowest BCUT2D eigenvalue weighted by atomic mass is 10.1. The van der Waals surface area contributed by atoms with Crippen molar-refractivity contribution < 1.29 is 5.11 Å². The van der Waals surface area contributed by atoms with Gasteiger partial charge in [-0.1, -0.05) is 24.3 Å². The first-order chi connectivity index (χ1) is 10.6. The molecule has 2 aliphatic rings. The Labute approximate surface area is 155 Å². The van der Waals surface area contributed by atoms with Crippen LogP contribution in [0.25, 0.3) is 0 Å². The fraction of sp³-hybridized carbons (Fsp3) is 0.588. The van der Waals surface area contributed by atoms with Gasteiger partial charge in [0.2, 0.25) is 0 Å². The van der Waals surface area contributed by atoms with Crippen LogP contribution in [0.5, 0.6) is 0 Å². The number of nitrogens with zero attached hydrogens (tertiary/aromatic N) is 3. The number of halogens is 1. The molecule has 0 amide bonds. The number of aliphatic hydroxyl groups is 1. The summed E-state index contributed by atoms with van der Waals surface area (Å²) in [5.41, 5.74) is 8.57. The van der Waals surface area contributed by atoms with Crippen molar-refractivity contribution in [2.24, 2.45) is 10.7 Å². The molecule has 128 valence electrons. The minimum atomic E-state index is -0.173. The van der Waals surface area contributed by atoms with Crippen molar-refractivity contribution in [3.05, 3.63) is 35.4 Å². The van der Waals surface area contributed by atoms with E-state index in [1.807, 2.05) is 13.1 Å². The van der Waals surface area contributed by atoms with E-state index in [-0.39, 0.29) is 30.1 Å². The van der Waals surface area contributed by atoms with Crippen LogP contribution in [-0.4, -0.2) is 53.1 Å². The predicted octanol–water partition coefficient (Wildman–Crippen LogP) is 1.78. The Bertz CT molecular complexity index is 547. The van der Waals surface area contributed by atoms with E-state index in [2.05, 4.69) is 33.0 Å². The molecule has 3 rings (SSSR count). The van der Waals surface area contributed by atoms with Crippen LogP contribution in [-0.2, 0) is 13.1 Å². The molecule has 23 heavy (non-hydrogen) atoms. The van der Waals surface area contributed by atoms with Crippen molar-refractivity contribution in [1.82, 2.24) is 9.80 Å². The first-order valence-corrected chi connectivity index (χ1v) is 8.13. The first kappa shape index (κ1) is 18.5. The summed E-state index contributed by atoms with van der Waals surface area (Å²) in [7, 11) is 2.02. The number of hydrogen-bond donors (Lipinski definition) is 2. The molecule has 1 atom stereocenters. The van der Waals surface area contributed by atoms with E-state index >= 15 is 0 Å². The highest BCUT2D eigenvalue weighted by Crippen LogP contribution is 2.25. The van der Waals surface area contributed by atoms with Crippen molar-refractivity contribution in [2.75, 3.05) is 20.1 Å². The largest absolute Gasteiger partial charge is 0.392 e. The maximum absolute atomic E-state index is 9.66. The minimum Gasteiger partial charge on any atom is -0.392 e. The number of benzene rings is 1. The molecule has 3 N–H and O–H groups in total. The second-order valence-corrected chi connectivity index (χ2v) is 6.46. The van der Waals surface area contributed by atoms with E-state index in [1.165, 1.54) is 24.0 Å². The molecule has 1 unspecified atom stereocenters. The third-order valence-corrected chi connectivity index (χ3v) is 4.63. The molecular weight excluding hydrogens is 403 g/mol. The number of aliphatic imine (C=N–C) groups is 1. The van der Waals surface area contributed by atoms with Gasteiger partial charge in [-0.05, 0) is 30.4 Å². The molecule has 1 aromatic carbocycles. The molecular formula is C17H27IN4O. The fourth-order valence-corrected chi connectivity index (χ4v) is 2.99. The SMILES string of the molecule is CN(C(N)=NCc1ccccc1CN1CCC(O)C1)C1CC1.I. The Kier molecular flexibility index (Phi) is 6.67. The number of hydrogen-bond acceptors (Lipinski definition) is 3. The van der Waals surface area contributed by atoms with E-state index < -0.39 is 0 Å². The van der Waals surface area contributed by atoms with Crippen molar-refractivity contribution in [3.63, 3.8) is 0 Å². The molecule has 2 fully saturated rings. The summed E-state index contributed by atoms with van der Waals surface area (Å²) >= 11 is 0. The molecule has 0 spiro atoms. The van der Waals surface area contributed by atoms with Gasteiger partial charge in [0.15, 0.2) is 5.96 Å². The van der Waals surface area contributed by atoms with Gasteiger partial charge >= 0.3 is 0 Å². The smallest absolute Gasteiger partial charge is 0.191 e. The second kappa shape index (κ2) is 8.30. The average molecular weight is 430 g/mol. The predicted molar refractivity (Wildman–Crippen MR) is 104 cm³/mol. The average Bonchev–Trinajstić information content (AvgIpc) is 3.29. The van der Waals surface area contributed by atoms with Crippen LogP contribution in [0.2, 0.25) is 0 Å². The van der Waals surface area contributed by atoms with Crippen LogP contribution < -0.4 is 5.73 Å². The zero-order valence-corrected chi connectivity index (χ0v) is 16.0. The maximum Gasteiger partial charge on any atom is 0.191 e. The fourth-order valence-electron chi connectivity index (χ4n) is 2.99. The number of nitrogens with two attached hydrogens (primary N) is 1. The second-order valence-electron chi connectivity index (χ2n) is 6.46. The summed E-state index contributed by atoms with van der Waals surface area (Å²) in [4.78, 5) is 8.94. The van der Waals surface area contributed by atoms with Crippen LogP contribution in [0.4, 0.5) is 0 Å². The molecule has 0 aromatic heterocycles. The van der Waals surface area contributed by atoms with Gasteiger partial charge < -0.3 is 15.7 Å². The van der Waals surface area contributed by atoms with Crippen LogP contribution in [0.15, 0.2) is 29.3 Å². The minimum absolute atomic E-state index is 0. The van der Waals surface area contributed by atoms with E-state index in [1.54, 1.807) is 0 Å². The first-order valence-electron chi connectivity index (χ1n) is 8.13. The quantitative estimate of drug-likeness (QED) is 0.425. The van der Waals surface area contributed by atoms with Crippen LogP contribution in [0.3, 0.4) is 0 Å². The summed E-state index contributed by atoms with van der Waals surface area (Å²) < 4.78 is 0. The lowest BCUT2D eigenvalue weighted by Crippen LogP contribution is -2.35. The van der Waals surface area contributed by atoms with Crippen LogP contribution in [0, 0.1) is 0 Å². The summed E-state index contributed by atoms with van der Waals surface area (Å²) in [6.45, 7) is 3.23. The summed E-state index contributed by atoms with van der Waals surface area (Å²) in [5, 5.41) is 9.66. The number of β-amino-alcohol motifs (C(OH)–C–C–N with tert-alkyl or cyclic N) is 1. The summed E-state index contributed by atoms with van der Waals surface area (Å²) in [6.07, 6.45) is 3.15. The monoisotopic (exact) mass is 430 g/mol. The van der Waals surface area contributed by atoms with E-state index in [4.69, 9.17) is 5.73 Å². The normalized spacial score (nSPS) is 22.0. The van der Waals surface area contributed by atoms with Gasteiger partial charge in [0.1, 0.15) is 0 Å². The van der Waals surface area contributed by atoms with Crippen molar-refractivity contribution >= 4 is 29.9 Å². The maximum atomic E-state index is 9.66. The third-order valence-electron chi connectivity index (χ3n) is 4.63. The van der Waals surface area contributed by atoms with Crippen molar-refractivity contribution in [2.45, 2.75) is 44.5 Å². The lowest BCUT2D eigenvalue weighted by Gasteiger charge is -2.19. The zero-order valence-electron chi connectivity index (χ0n) is 13.7. The van der Waals surface area contributed by atoms with Crippen molar-refractivity contribution in [1.29, 1.82) is 0 Å². The van der Waals surface area contributed by atoms with Gasteiger partial charge in [-0.3, -0.25) is 4.90 Å². The van der Waals surface area contributed by atoms with E-state index in [0.717, 1.165) is 26.1 Å². The number of guanidine groups is 1. The Morgan fingerprint density at radius 2 is 2.00 bits per heavy atom. The van der Waals surface area contributed by atoms with Gasteiger partial charge in [-0.2, -0.15) is 0 Å². The summed E-state index contributed by atoms with van der Waals surface area (Å²) in [5.74, 6) is 0.633. The standard InChI is InChI=1S/C17H26N4O.HI/c1-20(15-6-7-15)17(18)19-10-13-4-2-3-5-14(13)11-21-9-8-16(22)12-21;/h2-5,15-16,22H,6-12H2,1H3,(H2,18,19);1H. The Morgan fingerprint density at radius 1 is 1.30 bits per heavy atom. The molecule has 5 nitrogen and oxygen atoms in total. The lowest BCUT2D eigenvalue weighted by molar-refractivity contribution is 0.174. The molecule has 1 aliphatic heterocycles. The van der Waals surface area contributed by atoms with Crippen molar-refractivity contribution in [3.8, 4) is 0 Å². The third kappa shape index (κ3) is 5.06. The van der Waals surface area contributed by atoms with Crippen LogP contribution >= 0.6 is 24.0 Å². The molecule has 0 radical (unpaired) electrons. The molecule has 1 aliphatic carbocycles. The van der Waals surface area contributed by atoms with E-state index in [9.17, 15) is 5.11 Å². The highest BCUT2D eigenvalue weighted by atomic mass is 127. The number of likely N-dealkylation sites (tertiary alicyclic amines) is 1. The van der Waals surface area contributed by atoms with E-state index in [0.29, 0.717) is 18.5 Å². The van der Waals surface area contributed by atoms with Gasteiger partial charge in [0.05, 0.1) is 12.6 Å². The summed E-state index contributed by atoms with van der Waals surface area (Å²) in [6, 6.07) is 8.97. The topological polar surface area (TPSA) is 65.1 Å².